The summed E-state index contributed by atoms with van der Waals surface area (Å²) < 4.78 is 0. The van der Waals surface area contributed by atoms with Crippen LogP contribution in [0.2, 0.25) is 10.6 Å². The highest BCUT2D eigenvalue weighted by atomic mass is 14.2. The van der Waals surface area contributed by atoms with E-state index >= 15 is 0 Å². The molecule has 0 bridgehead atoms. The fourth-order valence-electron chi connectivity index (χ4n) is 1.86. The monoisotopic (exact) mass is 272 g/mol. The second-order valence-corrected chi connectivity index (χ2v) is 6.64. The normalized spacial score (nSPS) is 13.9. The lowest BCUT2D eigenvalue weighted by atomic mass is 9.64. The van der Waals surface area contributed by atoms with Gasteiger partial charge in [-0.05, 0) is 23.4 Å². The van der Waals surface area contributed by atoms with E-state index in [1.54, 1.807) is 0 Å². The second-order valence-electron chi connectivity index (χ2n) is 6.64. The fraction of sp³-hybridized carbons (Fsp3) is 0.368. The molecule has 0 amide bonds. The Morgan fingerprint density at radius 2 is 1.71 bits per heavy atom. The van der Waals surface area contributed by atoms with Crippen LogP contribution in [0.3, 0.4) is 0 Å². The van der Waals surface area contributed by atoms with Crippen molar-refractivity contribution in [2.75, 3.05) is 0 Å². The zero-order valence-corrected chi connectivity index (χ0v) is 13.5. The van der Waals surface area contributed by atoms with Gasteiger partial charge in [-0.1, -0.05) is 80.9 Å². The molecule has 0 heterocycles. The summed E-state index contributed by atoms with van der Waals surface area (Å²) in [6, 6.07) is 9.92. The third-order valence-corrected chi connectivity index (χ3v) is 3.13. The van der Waals surface area contributed by atoms with Crippen molar-refractivity contribution in [2.45, 2.75) is 44.7 Å². The Labute approximate surface area is 132 Å². The lowest BCUT2D eigenvalue weighted by molar-refractivity contribution is 0.683. The minimum Gasteiger partial charge on any atom is -0.115 e. The Hall–Kier alpha value is -1.61. The van der Waals surface area contributed by atoms with Crippen LogP contribution in [0, 0.1) is 12.3 Å². The van der Waals surface area contributed by atoms with E-state index in [2.05, 4.69) is 12.0 Å². The maximum Gasteiger partial charge on any atom is 0.0802 e. The van der Waals surface area contributed by atoms with Crippen molar-refractivity contribution in [3.8, 4) is 12.3 Å². The van der Waals surface area contributed by atoms with Crippen LogP contribution in [-0.2, 0) is 0 Å². The topological polar surface area (TPSA) is 0 Å². The van der Waals surface area contributed by atoms with Gasteiger partial charge in [0.2, 0.25) is 0 Å². The van der Waals surface area contributed by atoms with Gasteiger partial charge in [0.1, 0.15) is 0 Å². The van der Waals surface area contributed by atoms with E-state index in [4.69, 9.17) is 22.1 Å². The lowest BCUT2D eigenvalue weighted by Crippen LogP contribution is -2.07. The molecule has 0 unspecified atom stereocenters. The standard InChI is InChI=1S/C19H22B2/c1-6-15(16-10-8-7-9-11-16)14-17(19(4,5)21)12-13-18(2,3)20/h1,7-12,14H,13H2,2-5H3/b15-14+,17-12+. The van der Waals surface area contributed by atoms with Crippen molar-refractivity contribution in [1.82, 2.24) is 0 Å². The summed E-state index contributed by atoms with van der Waals surface area (Å²) in [5.74, 6) is 2.75. The highest BCUT2D eigenvalue weighted by Crippen LogP contribution is 2.35. The number of terminal acetylenes is 1. The van der Waals surface area contributed by atoms with Crippen LogP contribution in [-0.4, -0.2) is 15.7 Å². The van der Waals surface area contributed by atoms with Crippen molar-refractivity contribution in [2.24, 2.45) is 0 Å². The summed E-state index contributed by atoms with van der Waals surface area (Å²) in [7, 11) is 12.3. The molecule has 4 radical (unpaired) electrons. The van der Waals surface area contributed by atoms with Gasteiger partial charge >= 0.3 is 0 Å². The molecule has 0 N–H and O–H groups in total. The van der Waals surface area contributed by atoms with Gasteiger partial charge in [-0.15, -0.1) is 6.42 Å². The van der Waals surface area contributed by atoms with E-state index in [-0.39, 0.29) is 5.31 Å². The van der Waals surface area contributed by atoms with Crippen LogP contribution in [0.4, 0.5) is 0 Å². The molecule has 0 spiro atoms. The molecule has 0 saturated carbocycles. The number of hydrogen-bond donors (Lipinski definition) is 0. The van der Waals surface area contributed by atoms with Crippen molar-refractivity contribution in [3.05, 3.63) is 53.6 Å². The Kier molecular flexibility index (Phi) is 5.73. The quantitative estimate of drug-likeness (QED) is 0.412. The average molecular weight is 272 g/mol. The fourth-order valence-corrected chi connectivity index (χ4v) is 1.86. The number of allylic oxidation sites excluding steroid dienone is 4. The molecule has 0 aliphatic heterocycles. The van der Waals surface area contributed by atoms with E-state index in [1.807, 2.05) is 64.1 Å². The second kappa shape index (κ2) is 6.90. The van der Waals surface area contributed by atoms with Gasteiger partial charge in [-0.2, -0.15) is 0 Å². The van der Waals surface area contributed by atoms with Gasteiger partial charge in [0.05, 0.1) is 15.7 Å². The molecule has 1 aromatic rings. The first-order chi connectivity index (χ1) is 9.63. The zero-order valence-electron chi connectivity index (χ0n) is 13.5. The van der Waals surface area contributed by atoms with Crippen LogP contribution < -0.4 is 0 Å². The minimum atomic E-state index is -0.470. The first-order valence-corrected chi connectivity index (χ1v) is 7.15. The molecule has 1 aromatic carbocycles. The smallest absolute Gasteiger partial charge is 0.0802 e. The van der Waals surface area contributed by atoms with Crippen molar-refractivity contribution in [3.63, 3.8) is 0 Å². The van der Waals surface area contributed by atoms with Crippen LogP contribution in [0.1, 0.15) is 39.7 Å². The van der Waals surface area contributed by atoms with Crippen LogP contribution in [0.25, 0.3) is 5.57 Å². The molecule has 0 saturated heterocycles. The lowest BCUT2D eigenvalue weighted by Gasteiger charge is -2.24. The molecule has 0 aliphatic carbocycles. The number of benzene rings is 1. The predicted molar refractivity (Wildman–Crippen MR) is 95.5 cm³/mol. The van der Waals surface area contributed by atoms with Gasteiger partial charge in [0.15, 0.2) is 0 Å². The first-order valence-electron chi connectivity index (χ1n) is 7.15. The Morgan fingerprint density at radius 1 is 1.14 bits per heavy atom. The molecule has 104 valence electrons. The number of hydrogen-bond acceptors (Lipinski definition) is 0. The van der Waals surface area contributed by atoms with Gasteiger partial charge in [-0.3, -0.25) is 0 Å². The Balaban J connectivity index is 3.22. The van der Waals surface area contributed by atoms with Gasteiger partial charge in [0, 0.05) is 5.57 Å². The Bertz CT molecular complexity index is 558. The van der Waals surface area contributed by atoms with Crippen LogP contribution in [0.5, 0.6) is 0 Å². The molecule has 0 aromatic heterocycles. The van der Waals surface area contributed by atoms with Crippen molar-refractivity contribution < 1.29 is 0 Å². The summed E-state index contributed by atoms with van der Waals surface area (Å²) in [6.07, 6.45) is 10.5. The summed E-state index contributed by atoms with van der Waals surface area (Å²) in [5, 5.41) is -0.741. The van der Waals surface area contributed by atoms with E-state index in [0.29, 0.717) is 0 Å². The van der Waals surface area contributed by atoms with E-state index in [0.717, 1.165) is 23.1 Å². The predicted octanol–water partition coefficient (Wildman–Crippen LogP) is 4.75. The minimum absolute atomic E-state index is 0.270. The zero-order chi connectivity index (χ0) is 16.1. The third-order valence-electron chi connectivity index (χ3n) is 3.13. The first kappa shape index (κ1) is 17.4. The summed E-state index contributed by atoms with van der Waals surface area (Å²) >= 11 is 0. The summed E-state index contributed by atoms with van der Waals surface area (Å²) in [5.41, 5.74) is 2.84. The maximum absolute atomic E-state index is 6.27. The Morgan fingerprint density at radius 3 is 2.14 bits per heavy atom. The van der Waals surface area contributed by atoms with Gasteiger partial charge in [0.25, 0.3) is 0 Å². The summed E-state index contributed by atoms with van der Waals surface area (Å²) in [6.45, 7) is 7.93. The highest BCUT2D eigenvalue weighted by Gasteiger charge is 2.17. The van der Waals surface area contributed by atoms with E-state index in [9.17, 15) is 0 Å². The molecule has 0 atom stereocenters. The van der Waals surface area contributed by atoms with Crippen LogP contribution in [0.15, 0.2) is 48.1 Å². The molecule has 0 nitrogen and oxygen atoms in total. The van der Waals surface area contributed by atoms with E-state index in [1.165, 1.54) is 0 Å². The molecule has 0 aliphatic rings. The SMILES string of the molecule is [B]C(C)(C)C/C=C(\C=C(/C#C)c1ccccc1)C([B])(C)C. The van der Waals surface area contributed by atoms with Crippen molar-refractivity contribution in [1.29, 1.82) is 0 Å². The molecule has 0 fully saturated rings. The molecule has 1 rings (SSSR count). The molecular weight excluding hydrogens is 250 g/mol. The van der Waals surface area contributed by atoms with Crippen LogP contribution >= 0.6 is 0 Å². The van der Waals surface area contributed by atoms with E-state index < -0.39 is 5.31 Å². The summed E-state index contributed by atoms with van der Waals surface area (Å²) in [4.78, 5) is 0. The third kappa shape index (κ3) is 6.13. The number of rotatable bonds is 5. The maximum atomic E-state index is 6.27. The largest absolute Gasteiger partial charge is 0.115 e. The van der Waals surface area contributed by atoms with Crippen molar-refractivity contribution >= 4 is 21.3 Å². The highest BCUT2D eigenvalue weighted by molar-refractivity contribution is 6.17. The average Bonchev–Trinajstić information content (AvgIpc) is 2.37. The van der Waals surface area contributed by atoms with Gasteiger partial charge in [-0.25, -0.2) is 0 Å². The van der Waals surface area contributed by atoms with Gasteiger partial charge < -0.3 is 0 Å². The molecule has 21 heavy (non-hydrogen) atoms. The molecule has 2 heteroatoms. The molecular formula is C19H22B2.